The molecule has 0 saturated carbocycles. The number of hydrogen-bond donors (Lipinski definition) is 0. The van der Waals surface area contributed by atoms with E-state index >= 15 is 0 Å². The molecule has 26 heavy (non-hydrogen) atoms. The van der Waals surface area contributed by atoms with Crippen molar-refractivity contribution in [2.75, 3.05) is 7.05 Å². The first-order valence-electron chi connectivity index (χ1n) is 8.25. The number of carbonyl (C=O) groups is 2. The van der Waals surface area contributed by atoms with Crippen molar-refractivity contribution >= 4 is 33.6 Å². The molecule has 5 heteroatoms. The maximum absolute atomic E-state index is 12.3. The Morgan fingerprint density at radius 2 is 1.54 bits per heavy atom. The van der Waals surface area contributed by atoms with E-state index in [-0.39, 0.29) is 11.8 Å². The molecule has 2 aromatic carbocycles. The minimum absolute atomic E-state index is 0.266. The van der Waals surface area contributed by atoms with E-state index in [1.165, 1.54) is 7.05 Å². The fourth-order valence-electron chi connectivity index (χ4n) is 3.41. The van der Waals surface area contributed by atoms with Gasteiger partial charge in [-0.05, 0) is 24.3 Å². The molecule has 5 rings (SSSR count). The van der Waals surface area contributed by atoms with Gasteiger partial charge < -0.3 is 0 Å². The number of hydrogen-bond acceptors (Lipinski definition) is 4. The van der Waals surface area contributed by atoms with Gasteiger partial charge in [0.15, 0.2) is 0 Å². The first-order chi connectivity index (χ1) is 12.6. The number of amides is 2. The smallest absolute Gasteiger partial charge is 0.261 e. The molecule has 1 aliphatic rings. The Balaban J connectivity index is 1.72. The summed E-state index contributed by atoms with van der Waals surface area (Å²) in [5, 5.41) is 2.04. The van der Waals surface area contributed by atoms with E-state index in [1.807, 2.05) is 42.5 Å². The lowest BCUT2D eigenvalue weighted by Crippen LogP contribution is -2.24. The lowest BCUT2D eigenvalue weighted by Gasteiger charge is -2.07. The molecule has 0 saturated heterocycles. The van der Waals surface area contributed by atoms with Gasteiger partial charge in [0.2, 0.25) is 0 Å². The molecule has 1 aliphatic heterocycles. The van der Waals surface area contributed by atoms with Gasteiger partial charge in [0.05, 0.1) is 27.9 Å². The first kappa shape index (κ1) is 14.7. The van der Waals surface area contributed by atoms with Crippen LogP contribution in [-0.4, -0.2) is 33.7 Å². The number of imide groups is 1. The maximum Gasteiger partial charge on any atom is 0.261 e. The number of aromatic nitrogens is 2. The van der Waals surface area contributed by atoms with Crippen molar-refractivity contribution in [3.8, 4) is 11.3 Å². The van der Waals surface area contributed by atoms with E-state index in [0.29, 0.717) is 11.1 Å². The minimum Gasteiger partial charge on any atom is -0.277 e. The van der Waals surface area contributed by atoms with E-state index in [9.17, 15) is 9.59 Å². The normalized spacial score (nSPS) is 13.7. The van der Waals surface area contributed by atoms with Gasteiger partial charge >= 0.3 is 0 Å². The van der Waals surface area contributed by atoms with Gasteiger partial charge in [-0.2, -0.15) is 0 Å². The van der Waals surface area contributed by atoms with Crippen LogP contribution in [0.1, 0.15) is 20.7 Å². The Kier molecular flexibility index (Phi) is 2.94. The molecule has 124 valence electrons. The zero-order chi connectivity index (χ0) is 17.8. The quantitative estimate of drug-likeness (QED) is 0.392. The third kappa shape index (κ3) is 1.97. The summed E-state index contributed by atoms with van der Waals surface area (Å²) in [5.41, 5.74) is 4.07. The van der Waals surface area contributed by atoms with Crippen molar-refractivity contribution in [2.24, 2.45) is 0 Å². The van der Waals surface area contributed by atoms with Crippen molar-refractivity contribution in [2.45, 2.75) is 0 Å². The van der Waals surface area contributed by atoms with Crippen molar-refractivity contribution in [1.82, 2.24) is 14.9 Å². The molecule has 4 aromatic rings. The molecule has 0 bridgehead atoms. The fourth-order valence-corrected chi connectivity index (χ4v) is 3.41. The van der Waals surface area contributed by atoms with Gasteiger partial charge in [0.25, 0.3) is 11.8 Å². The third-order valence-electron chi connectivity index (χ3n) is 4.82. The van der Waals surface area contributed by atoms with Crippen molar-refractivity contribution in [1.29, 1.82) is 0 Å². The predicted octanol–water partition coefficient (Wildman–Crippen LogP) is 3.68. The van der Waals surface area contributed by atoms with E-state index in [2.05, 4.69) is 4.98 Å². The zero-order valence-electron chi connectivity index (χ0n) is 13.9. The summed E-state index contributed by atoms with van der Waals surface area (Å²) >= 11 is 0. The summed E-state index contributed by atoms with van der Waals surface area (Å²) in [6.07, 6.45) is 1.76. The SMILES string of the molecule is CN1C(=O)c2ccc(-c3ccc4ccc5cccnc5c4n3)cc2C1=O. The lowest BCUT2D eigenvalue weighted by atomic mass is 10.0. The molecule has 0 spiro atoms. The molecule has 5 nitrogen and oxygen atoms in total. The molecule has 2 amide bonds. The number of benzene rings is 2. The van der Waals surface area contributed by atoms with Gasteiger partial charge in [-0.1, -0.05) is 30.3 Å². The molecular weight excluding hydrogens is 326 g/mol. The Labute approximate surface area is 148 Å². The van der Waals surface area contributed by atoms with Crippen LogP contribution < -0.4 is 0 Å². The van der Waals surface area contributed by atoms with Gasteiger partial charge in [-0.25, -0.2) is 4.98 Å². The van der Waals surface area contributed by atoms with E-state index in [1.54, 1.807) is 18.3 Å². The highest BCUT2D eigenvalue weighted by Crippen LogP contribution is 2.29. The summed E-state index contributed by atoms with van der Waals surface area (Å²) in [6, 6.07) is 17.1. The molecule has 0 unspecified atom stereocenters. The number of carbonyl (C=O) groups excluding carboxylic acids is 2. The van der Waals surface area contributed by atoms with Crippen LogP contribution >= 0.6 is 0 Å². The molecule has 0 fully saturated rings. The molecule has 0 radical (unpaired) electrons. The van der Waals surface area contributed by atoms with Crippen LogP contribution in [0.5, 0.6) is 0 Å². The zero-order valence-corrected chi connectivity index (χ0v) is 13.9. The number of fused-ring (bicyclic) bond motifs is 4. The number of pyridine rings is 2. The standard InChI is InChI=1S/C21H13N3O2/c1-24-20(25)15-8-6-14(11-16(15)21(24)26)17-9-7-13-5-4-12-3-2-10-22-18(12)19(13)23-17/h2-11H,1H3. The second-order valence-electron chi connectivity index (χ2n) is 6.34. The van der Waals surface area contributed by atoms with Gasteiger partial charge in [-0.3, -0.25) is 19.5 Å². The molecule has 3 heterocycles. The minimum atomic E-state index is -0.278. The molecule has 0 N–H and O–H groups in total. The van der Waals surface area contributed by atoms with Crippen molar-refractivity contribution in [3.05, 3.63) is 71.9 Å². The monoisotopic (exact) mass is 339 g/mol. The van der Waals surface area contributed by atoms with Gasteiger partial charge in [0.1, 0.15) is 0 Å². The first-order valence-corrected chi connectivity index (χ1v) is 8.25. The molecule has 0 atom stereocenters. The van der Waals surface area contributed by atoms with Crippen molar-refractivity contribution < 1.29 is 9.59 Å². The summed E-state index contributed by atoms with van der Waals surface area (Å²) < 4.78 is 0. The average molecular weight is 339 g/mol. The molecule has 0 aliphatic carbocycles. The van der Waals surface area contributed by atoms with Crippen LogP contribution in [0.25, 0.3) is 33.1 Å². The van der Waals surface area contributed by atoms with Crippen LogP contribution in [0.2, 0.25) is 0 Å². The molecular formula is C21H13N3O2. The number of nitrogens with zero attached hydrogens (tertiary/aromatic N) is 3. The summed E-state index contributed by atoms with van der Waals surface area (Å²) in [7, 11) is 1.50. The van der Waals surface area contributed by atoms with Crippen molar-refractivity contribution in [3.63, 3.8) is 0 Å². The topological polar surface area (TPSA) is 63.2 Å². The summed E-state index contributed by atoms with van der Waals surface area (Å²) in [6.45, 7) is 0. The van der Waals surface area contributed by atoms with E-state index < -0.39 is 0 Å². The highest BCUT2D eigenvalue weighted by molar-refractivity contribution is 6.21. The fraction of sp³-hybridized carbons (Fsp3) is 0.0476. The van der Waals surface area contributed by atoms with Crippen LogP contribution in [0.3, 0.4) is 0 Å². The summed E-state index contributed by atoms with van der Waals surface area (Å²) in [5.74, 6) is -0.544. The second-order valence-corrected chi connectivity index (χ2v) is 6.34. The Bertz CT molecular complexity index is 1250. The third-order valence-corrected chi connectivity index (χ3v) is 4.82. The van der Waals surface area contributed by atoms with Gasteiger partial charge in [-0.15, -0.1) is 0 Å². The average Bonchev–Trinajstić information content (AvgIpc) is 2.91. The lowest BCUT2D eigenvalue weighted by molar-refractivity contribution is 0.0693. The predicted molar refractivity (Wildman–Crippen MR) is 98.9 cm³/mol. The van der Waals surface area contributed by atoms with Crippen LogP contribution in [0, 0.1) is 0 Å². The second kappa shape index (κ2) is 5.20. The highest BCUT2D eigenvalue weighted by Gasteiger charge is 2.32. The largest absolute Gasteiger partial charge is 0.277 e. The maximum atomic E-state index is 12.3. The van der Waals surface area contributed by atoms with E-state index in [0.717, 1.165) is 38.0 Å². The Hall–Kier alpha value is -3.60. The van der Waals surface area contributed by atoms with Gasteiger partial charge in [0, 0.05) is 29.6 Å². The summed E-state index contributed by atoms with van der Waals surface area (Å²) in [4.78, 5) is 34.7. The van der Waals surface area contributed by atoms with E-state index in [4.69, 9.17) is 4.98 Å². The van der Waals surface area contributed by atoms with Crippen LogP contribution in [0.15, 0.2) is 60.8 Å². The van der Waals surface area contributed by atoms with Crippen LogP contribution in [0.4, 0.5) is 0 Å². The Morgan fingerprint density at radius 3 is 2.38 bits per heavy atom. The molecule has 2 aromatic heterocycles. The Morgan fingerprint density at radius 1 is 0.808 bits per heavy atom. The number of rotatable bonds is 1. The van der Waals surface area contributed by atoms with Crippen LogP contribution in [-0.2, 0) is 0 Å². The highest BCUT2D eigenvalue weighted by atomic mass is 16.2.